The average Bonchev–Trinajstić information content (AvgIpc) is 2.90. The molecule has 4 N–H and O–H groups in total. The first-order valence-electron chi connectivity index (χ1n) is 12.0. The predicted octanol–water partition coefficient (Wildman–Crippen LogP) is 2.38. The Morgan fingerprint density at radius 1 is 0.639 bits per heavy atom. The molecule has 192 valence electrons. The van der Waals surface area contributed by atoms with E-state index in [-0.39, 0.29) is 50.2 Å². The Bertz CT molecular complexity index is 921. The molecule has 10 heteroatoms. The van der Waals surface area contributed by atoms with Crippen molar-refractivity contribution in [1.82, 2.24) is 21.3 Å². The molecule has 2 aromatic rings. The highest BCUT2D eigenvalue weighted by Crippen LogP contribution is 2.18. The monoisotopic (exact) mass is 496 g/mol. The molecular formula is C26H32N4O6. The summed E-state index contributed by atoms with van der Waals surface area (Å²) in [6.07, 6.45) is 1.84. The van der Waals surface area contributed by atoms with Crippen molar-refractivity contribution in [3.8, 4) is 0 Å². The highest BCUT2D eigenvalue weighted by atomic mass is 16.6. The van der Waals surface area contributed by atoms with Gasteiger partial charge in [-0.1, -0.05) is 73.5 Å². The van der Waals surface area contributed by atoms with E-state index in [0.717, 1.165) is 24.0 Å². The average molecular weight is 497 g/mol. The van der Waals surface area contributed by atoms with Gasteiger partial charge in [-0.15, -0.1) is 0 Å². The van der Waals surface area contributed by atoms with Gasteiger partial charge in [-0.25, -0.2) is 9.59 Å². The summed E-state index contributed by atoms with van der Waals surface area (Å²) in [6, 6.07) is 17.9. The minimum Gasteiger partial charge on any atom is -0.445 e. The lowest BCUT2D eigenvalue weighted by atomic mass is 9.90. The lowest BCUT2D eigenvalue weighted by Crippen LogP contribution is -2.55. The number of hydrogen-bond acceptors (Lipinski definition) is 6. The van der Waals surface area contributed by atoms with Gasteiger partial charge in [-0.2, -0.15) is 0 Å². The molecular weight excluding hydrogens is 464 g/mol. The summed E-state index contributed by atoms with van der Waals surface area (Å²) in [5.74, 6) is -0.749. The molecule has 2 unspecified atom stereocenters. The molecule has 4 amide bonds. The van der Waals surface area contributed by atoms with Gasteiger partial charge < -0.3 is 30.7 Å². The zero-order valence-corrected chi connectivity index (χ0v) is 20.0. The van der Waals surface area contributed by atoms with Gasteiger partial charge in [0.05, 0.1) is 0 Å². The van der Waals surface area contributed by atoms with Crippen molar-refractivity contribution >= 4 is 24.0 Å². The topological polar surface area (TPSA) is 135 Å². The Balaban J connectivity index is 1.34. The molecule has 0 spiro atoms. The van der Waals surface area contributed by atoms with Crippen molar-refractivity contribution in [1.29, 1.82) is 0 Å². The van der Waals surface area contributed by atoms with E-state index in [4.69, 9.17) is 9.47 Å². The lowest BCUT2D eigenvalue weighted by Gasteiger charge is -2.32. The van der Waals surface area contributed by atoms with Gasteiger partial charge in [0.2, 0.25) is 11.8 Å². The number of ether oxygens (including phenoxy) is 2. The van der Waals surface area contributed by atoms with Crippen molar-refractivity contribution < 1.29 is 28.7 Å². The van der Waals surface area contributed by atoms with E-state index in [1.54, 1.807) is 0 Å². The van der Waals surface area contributed by atoms with Crippen LogP contribution in [0.4, 0.5) is 9.59 Å². The lowest BCUT2D eigenvalue weighted by molar-refractivity contribution is -0.124. The summed E-state index contributed by atoms with van der Waals surface area (Å²) in [4.78, 5) is 48.4. The van der Waals surface area contributed by atoms with Gasteiger partial charge in [0.15, 0.2) is 0 Å². The second-order valence-electron chi connectivity index (χ2n) is 8.46. The summed E-state index contributed by atoms with van der Waals surface area (Å²) < 4.78 is 10.2. The maximum Gasteiger partial charge on any atom is 0.407 e. The highest BCUT2D eigenvalue weighted by Gasteiger charge is 2.28. The molecule has 1 aliphatic carbocycles. The van der Waals surface area contributed by atoms with Gasteiger partial charge in [-0.3, -0.25) is 9.59 Å². The SMILES string of the molecule is O=C(CNC(=O)OCc1ccccc1)NC1CCCCC1NC(=O)CNC(=O)OCc1ccccc1. The number of amides is 4. The van der Waals surface area contributed by atoms with Gasteiger partial charge in [-0.05, 0) is 24.0 Å². The summed E-state index contributed by atoms with van der Waals surface area (Å²) in [5, 5.41) is 10.6. The van der Waals surface area contributed by atoms with Crippen molar-refractivity contribution in [2.45, 2.75) is 51.0 Å². The Labute approximate surface area is 210 Å². The van der Waals surface area contributed by atoms with E-state index in [2.05, 4.69) is 21.3 Å². The van der Waals surface area contributed by atoms with Crippen molar-refractivity contribution in [3.05, 3.63) is 71.8 Å². The Morgan fingerprint density at radius 3 is 1.42 bits per heavy atom. The molecule has 0 bridgehead atoms. The Morgan fingerprint density at radius 2 is 1.03 bits per heavy atom. The number of carbonyl (C=O) groups excluding carboxylic acids is 4. The molecule has 0 saturated heterocycles. The van der Waals surface area contributed by atoms with Crippen LogP contribution in [0.3, 0.4) is 0 Å². The largest absolute Gasteiger partial charge is 0.445 e. The van der Waals surface area contributed by atoms with Crippen LogP contribution in [0.5, 0.6) is 0 Å². The van der Waals surface area contributed by atoms with E-state index in [0.29, 0.717) is 12.8 Å². The Kier molecular flexibility index (Phi) is 10.6. The summed E-state index contributed by atoms with van der Waals surface area (Å²) in [7, 11) is 0. The van der Waals surface area contributed by atoms with Crippen molar-refractivity contribution in [3.63, 3.8) is 0 Å². The van der Waals surface area contributed by atoms with Gasteiger partial charge in [0.1, 0.15) is 26.3 Å². The minimum atomic E-state index is -0.687. The van der Waals surface area contributed by atoms with Gasteiger partial charge in [0.25, 0.3) is 0 Å². The van der Waals surface area contributed by atoms with Crippen LogP contribution < -0.4 is 21.3 Å². The molecule has 1 aliphatic rings. The van der Waals surface area contributed by atoms with Crippen LogP contribution in [0, 0.1) is 0 Å². The third kappa shape index (κ3) is 9.65. The van der Waals surface area contributed by atoms with Crippen LogP contribution in [-0.4, -0.2) is 49.2 Å². The third-order valence-corrected chi connectivity index (χ3v) is 5.67. The Hall–Kier alpha value is -4.08. The number of alkyl carbamates (subject to hydrolysis) is 2. The number of nitrogens with one attached hydrogen (secondary N) is 4. The standard InChI is InChI=1S/C26H32N4O6/c31-23(15-27-25(33)35-17-19-9-3-1-4-10-19)29-21-13-7-8-14-22(21)30-24(32)16-28-26(34)36-18-20-11-5-2-6-12-20/h1-6,9-12,21-22H,7-8,13-18H2,(H,27,33)(H,28,34)(H,29,31)(H,30,32). The van der Waals surface area contributed by atoms with E-state index < -0.39 is 12.2 Å². The quantitative estimate of drug-likeness (QED) is 0.399. The van der Waals surface area contributed by atoms with E-state index >= 15 is 0 Å². The molecule has 36 heavy (non-hydrogen) atoms. The zero-order chi connectivity index (χ0) is 25.6. The van der Waals surface area contributed by atoms with Crippen LogP contribution in [0.15, 0.2) is 60.7 Å². The molecule has 3 rings (SSSR count). The molecule has 2 atom stereocenters. The molecule has 2 aromatic carbocycles. The minimum absolute atomic E-state index is 0.110. The van der Waals surface area contributed by atoms with Crippen LogP contribution in [0.1, 0.15) is 36.8 Å². The molecule has 10 nitrogen and oxygen atoms in total. The highest BCUT2D eigenvalue weighted by molar-refractivity contribution is 5.83. The number of hydrogen-bond donors (Lipinski definition) is 4. The second-order valence-corrected chi connectivity index (χ2v) is 8.46. The fourth-order valence-electron chi connectivity index (χ4n) is 3.85. The second kappa shape index (κ2) is 14.3. The van der Waals surface area contributed by atoms with Crippen LogP contribution in [0.2, 0.25) is 0 Å². The zero-order valence-electron chi connectivity index (χ0n) is 20.0. The van der Waals surface area contributed by atoms with E-state index in [1.807, 2.05) is 60.7 Å². The molecule has 0 aliphatic heterocycles. The fourth-order valence-corrected chi connectivity index (χ4v) is 3.85. The molecule has 1 saturated carbocycles. The van der Waals surface area contributed by atoms with Crippen LogP contribution in [-0.2, 0) is 32.3 Å². The fraction of sp³-hybridized carbons (Fsp3) is 0.385. The number of rotatable bonds is 10. The van der Waals surface area contributed by atoms with Gasteiger partial charge >= 0.3 is 12.2 Å². The van der Waals surface area contributed by atoms with Crippen LogP contribution in [0.25, 0.3) is 0 Å². The first-order chi connectivity index (χ1) is 17.5. The normalized spacial score (nSPS) is 16.8. The predicted molar refractivity (Wildman–Crippen MR) is 132 cm³/mol. The molecule has 1 fully saturated rings. The summed E-state index contributed by atoms with van der Waals surface area (Å²) in [6.45, 7) is -0.253. The number of carbonyl (C=O) groups is 4. The summed E-state index contributed by atoms with van der Waals surface area (Å²) >= 11 is 0. The van der Waals surface area contributed by atoms with Gasteiger partial charge in [0, 0.05) is 12.1 Å². The maximum absolute atomic E-state index is 12.4. The first-order valence-corrected chi connectivity index (χ1v) is 12.0. The maximum atomic E-state index is 12.4. The van der Waals surface area contributed by atoms with E-state index in [1.165, 1.54) is 0 Å². The summed E-state index contributed by atoms with van der Waals surface area (Å²) in [5.41, 5.74) is 1.69. The van der Waals surface area contributed by atoms with Crippen molar-refractivity contribution in [2.75, 3.05) is 13.1 Å². The third-order valence-electron chi connectivity index (χ3n) is 5.67. The molecule has 0 heterocycles. The molecule has 0 aromatic heterocycles. The van der Waals surface area contributed by atoms with Crippen molar-refractivity contribution in [2.24, 2.45) is 0 Å². The smallest absolute Gasteiger partial charge is 0.407 e. The number of benzene rings is 2. The van der Waals surface area contributed by atoms with Crippen LogP contribution >= 0.6 is 0 Å². The van der Waals surface area contributed by atoms with E-state index in [9.17, 15) is 19.2 Å². The first kappa shape index (κ1) is 26.5. The molecule has 0 radical (unpaired) electrons.